The Kier molecular flexibility index (Phi) is 4.23. The topological polar surface area (TPSA) is 58.5 Å². The third kappa shape index (κ3) is 3.08. The Hall–Kier alpha value is -2.52. The molecule has 0 atom stereocenters. The van der Waals surface area contributed by atoms with Gasteiger partial charge in [-0.3, -0.25) is 0 Å². The van der Waals surface area contributed by atoms with E-state index in [0.29, 0.717) is 11.6 Å². The molecule has 5 nitrogen and oxygen atoms in total. The van der Waals surface area contributed by atoms with Crippen molar-refractivity contribution in [3.05, 3.63) is 41.7 Å². The molecule has 1 heterocycles. The molecule has 1 aromatic carbocycles. The molecule has 0 saturated heterocycles. The van der Waals surface area contributed by atoms with Crippen LogP contribution in [-0.2, 0) is 4.79 Å². The fourth-order valence-corrected chi connectivity index (χ4v) is 2.03. The monoisotopic (exact) mass is 268 g/mol. The number of aryl methyl sites for hydroxylation is 2. The highest BCUT2D eigenvalue weighted by molar-refractivity contribution is 5.61. The van der Waals surface area contributed by atoms with E-state index in [1.807, 2.05) is 43.9 Å². The third-order valence-electron chi connectivity index (χ3n) is 2.86. The molecule has 20 heavy (non-hydrogen) atoms. The maximum absolute atomic E-state index is 10.2. The van der Waals surface area contributed by atoms with Crippen LogP contribution >= 0.6 is 0 Å². The third-order valence-corrected chi connectivity index (χ3v) is 2.86. The molecule has 0 fully saturated rings. The summed E-state index contributed by atoms with van der Waals surface area (Å²) < 4.78 is 0. The van der Waals surface area contributed by atoms with Gasteiger partial charge < -0.3 is 4.90 Å². The van der Waals surface area contributed by atoms with Gasteiger partial charge in [-0.1, -0.05) is 0 Å². The molecular formula is C15H16N4O. The summed E-state index contributed by atoms with van der Waals surface area (Å²) in [4.78, 5) is 24.7. The Balaban J connectivity index is 2.38. The van der Waals surface area contributed by atoms with Crippen molar-refractivity contribution < 1.29 is 4.79 Å². The lowest BCUT2D eigenvalue weighted by Gasteiger charge is -2.21. The number of isocyanates is 1. The summed E-state index contributed by atoms with van der Waals surface area (Å²) in [6.07, 6.45) is 1.53. The standard InChI is InChI=1S/C15H16N4O/c1-4-19(15-17-11(2)9-12(3)18-15)14-7-5-13(6-8-14)16-10-20/h5-9H,4H2,1-3H3. The summed E-state index contributed by atoms with van der Waals surface area (Å²) in [7, 11) is 0. The van der Waals surface area contributed by atoms with Gasteiger partial charge in [0, 0.05) is 23.6 Å². The van der Waals surface area contributed by atoms with Crippen molar-refractivity contribution in [2.75, 3.05) is 11.4 Å². The predicted octanol–water partition coefficient (Wildman–Crippen LogP) is 3.22. The number of hydrogen-bond donors (Lipinski definition) is 0. The fourth-order valence-electron chi connectivity index (χ4n) is 2.03. The van der Waals surface area contributed by atoms with E-state index in [1.54, 1.807) is 12.1 Å². The normalized spacial score (nSPS) is 9.95. The summed E-state index contributed by atoms with van der Waals surface area (Å²) in [6.45, 7) is 6.69. The number of rotatable bonds is 4. The van der Waals surface area contributed by atoms with Crippen LogP contribution in [0.3, 0.4) is 0 Å². The molecule has 2 rings (SSSR count). The number of aliphatic imine (C=N–C) groups is 1. The molecule has 5 heteroatoms. The second-order valence-corrected chi connectivity index (χ2v) is 4.41. The molecule has 0 N–H and O–H groups in total. The van der Waals surface area contributed by atoms with Crippen molar-refractivity contribution in [2.45, 2.75) is 20.8 Å². The minimum absolute atomic E-state index is 0.584. The van der Waals surface area contributed by atoms with E-state index >= 15 is 0 Å². The first-order chi connectivity index (χ1) is 9.63. The second kappa shape index (κ2) is 6.08. The summed E-state index contributed by atoms with van der Waals surface area (Å²) in [5, 5.41) is 0. The van der Waals surface area contributed by atoms with Gasteiger partial charge in [-0.15, -0.1) is 0 Å². The number of benzene rings is 1. The highest BCUT2D eigenvalue weighted by Gasteiger charge is 2.11. The number of carbonyl (C=O) groups excluding carboxylic acids is 1. The van der Waals surface area contributed by atoms with Crippen LogP contribution in [0.1, 0.15) is 18.3 Å². The first kappa shape index (κ1) is 13.9. The van der Waals surface area contributed by atoms with Crippen LogP contribution < -0.4 is 4.90 Å². The smallest absolute Gasteiger partial charge is 0.240 e. The van der Waals surface area contributed by atoms with Gasteiger partial charge in [0.2, 0.25) is 12.0 Å². The van der Waals surface area contributed by atoms with E-state index in [1.165, 1.54) is 6.08 Å². The molecule has 0 aliphatic heterocycles. The zero-order chi connectivity index (χ0) is 14.5. The Morgan fingerprint density at radius 2 is 1.75 bits per heavy atom. The Bertz CT molecular complexity index is 625. The van der Waals surface area contributed by atoms with Crippen molar-refractivity contribution in [2.24, 2.45) is 4.99 Å². The SMILES string of the molecule is CCN(c1ccc(N=C=O)cc1)c1nc(C)cc(C)n1. The zero-order valence-corrected chi connectivity index (χ0v) is 11.8. The first-order valence-corrected chi connectivity index (χ1v) is 6.42. The number of anilines is 2. The minimum atomic E-state index is 0.584. The number of nitrogens with zero attached hydrogens (tertiary/aromatic N) is 4. The van der Waals surface area contributed by atoms with Crippen LogP contribution in [0.4, 0.5) is 17.3 Å². The van der Waals surface area contributed by atoms with E-state index in [9.17, 15) is 4.79 Å². The predicted molar refractivity (Wildman–Crippen MR) is 78.4 cm³/mol. The average Bonchev–Trinajstić information content (AvgIpc) is 2.41. The fraction of sp³-hybridized carbons (Fsp3) is 0.267. The van der Waals surface area contributed by atoms with Crippen molar-refractivity contribution in [1.82, 2.24) is 9.97 Å². The van der Waals surface area contributed by atoms with Crippen molar-refractivity contribution >= 4 is 23.4 Å². The van der Waals surface area contributed by atoms with Gasteiger partial charge in [0.1, 0.15) is 0 Å². The molecule has 2 aromatic rings. The first-order valence-electron chi connectivity index (χ1n) is 6.42. The largest absolute Gasteiger partial charge is 0.311 e. The van der Waals surface area contributed by atoms with Gasteiger partial charge in [0.25, 0.3) is 0 Å². The molecule has 1 aromatic heterocycles. The highest BCUT2D eigenvalue weighted by Crippen LogP contribution is 2.24. The Labute approximate surface area is 118 Å². The van der Waals surface area contributed by atoms with E-state index in [2.05, 4.69) is 15.0 Å². The van der Waals surface area contributed by atoms with E-state index in [4.69, 9.17) is 0 Å². The van der Waals surface area contributed by atoms with Gasteiger partial charge in [-0.05, 0) is 51.1 Å². The van der Waals surface area contributed by atoms with Gasteiger partial charge in [0.05, 0.1) is 5.69 Å². The quantitative estimate of drug-likeness (QED) is 0.631. The maximum Gasteiger partial charge on any atom is 0.240 e. The van der Waals surface area contributed by atoms with E-state index < -0.39 is 0 Å². The summed E-state index contributed by atoms with van der Waals surface area (Å²) in [6, 6.07) is 9.26. The average molecular weight is 268 g/mol. The molecule has 0 spiro atoms. The Morgan fingerprint density at radius 1 is 1.15 bits per heavy atom. The second-order valence-electron chi connectivity index (χ2n) is 4.41. The molecule has 0 amide bonds. The van der Waals surface area contributed by atoms with Gasteiger partial charge in [0.15, 0.2) is 0 Å². The van der Waals surface area contributed by atoms with Crippen LogP contribution in [0.5, 0.6) is 0 Å². The van der Waals surface area contributed by atoms with Crippen LogP contribution in [0.2, 0.25) is 0 Å². The van der Waals surface area contributed by atoms with Crippen LogP contribution in [0, 0.1) is 13.8 Å². The summed E-state index contributed by atoms with van der Waals surface area (Å²) in [5.41, 5.74) is 3.42. The highest BCUT2D eigenvalue weighted by atomic mass is 16.1. The zero-order valence-electron chi connectivity index (χ0n) is 11.8. The molecule has 0 aliphatic rings. The molecule has 0 saturated carbocycles. The van der Waals surface area contributed by atoms with E-state index in [-0.39, 0.29) is 0 Å². The molecular weight excluding hydrogens is 252 g/mol. The lowest BCUT2D eigenvalue weighted by Crippen LogP contribution is -2.19. The van der Waals surface area contributed by atoms with Gasteiger partial charge in [-0.2, -0.15) is 4.99 Å². The summed E-state index contributed by atoms with van der Waals surface area (Å²) in [5.74, 6) is 0.677. The van der Waals surface area contributed by atoms with Crippen LogP contribution in [-0.4, -0.2) is 22.6 Å². The molecule has 0 radical (unpaired) electrons. The Morgan fingerprint density at radius 3 is 2.25 bits per heavy atom. The van der Waals surface area contributed by atoms with Crippen LogP contribution in [0.25, 0.3) is 0 Å². The van der Waals surface area contributed by atoms with Gasteiger partial charge >= 0.3 is 0 Å². The lowest BCUT2D eigenvalue weighted by molar-refractivity contribution is 0.565. The van der Waals surface area contributed by atoms with Crippen molar-refractivity contribution in [1.29, 1.82) is 0 Å². The molecule has 0 unspecified atom stereocenters. The van der Waals surface area contributed by atoms with Gasteiger partial charge in [-0.25, -0.2) is 14.8 Å². The van der Waals surface area contributed by atoms with Crippen molar-refractivity contribution in [3.8, 4) is 0 Å². The molecule has 0 aliphatic carbocycles. The van der Waals surface area contributed by atoms with Crippen molar-refractivity contribution in [3.63, 3.8) is 0 Å². The number of hydrogen-bond acceptors (Lipinski definition) is 5. The summed E-state index contributed by atoms with van der Waals surface area (Å²) >= 11 is 0. The van der Waals surface area contributed by atoms with Crippen LogP contribution in [0.15, 0.2) is 35.3 Å². The molecule has 0 bridgehead atoms. The maximum atomic E-state index is 10.2. The lowest BCUT2D eigenvalue weighted by atomic mass is 10.2. The minimum Gasteiger partial charge on any atom is -0.311 e. The van der Waals surface area contributed by atoms with E-state index in [0.717, 1.165) is 23.6 Å². The molecule has 102 valence electrons. The number of aromatic nitrogens is 2.